The van der Waals surface area contributed by atoms with E-state index in [0.717, 1.165) is 43.7 Å². The summed E-state index contributed by atoms with van der Waals surface area (Å²) in [5.41, 5.74) is 2.95. The number of halogens is 1. The van der Waals surface area contributed by atoms with E-state index in [0.29, 0.717) is 17.2 Å². The number of carbonyl (C=O) groups excluding carboxylic acids is 1. The standard InChI is InChI=1S/C20H26FN3O/c1-14(2)12-18-19(20(25)23-10-5-4-6-11-23)15(3)24(22-18)17-9-7-8-16(21)13-17/h7-9,13-14H,4-6,10-12H2,1-3H3. The molecule has 0 saturated carbocycles. The fraction of sp³-hybridized carbons (Fsp3) is 0.500. The van der Waals surface area contributed by atoms with Crippen LogP contribution >= 0.6 is 0 Å². The molecule has 4 nitrogen and oxygen atoms in total. The van der Waals surface area contributed by atoms with Gasteiger partial charge in [0.1, 0.15) is 5.82 Å². The first kappa shape index (κ1) is 17.6. The van der Waals surface area contributed by atoms with Crippen LogP contribution < -0.4 is 0 Å². The minimum atomic E-state index is -0.304. The number of likely N-dealkylation sites (tertiary alicyclic amines) is 1. The first-order valence-electron chi connectivity index (χ1n) is 9.11. The number of nitrogens with zero attached hydrogens (tertiary/aromatic N) is 3. The topological polar surface area (TPSA) is 38.1 Å². The molecule has 0 N–H and O–H groups in total. The molecule has 134 valence electrons. The summed E-state index contributed by atoms with van der Waals surface area (Å²) in [7, 11) is 0. The van der Waals surface area contributed by atoms with Gasteiger partial charge < -0.3 is 4.90 Å². The average molecular weight is 343 g/mol. The number of amides is 1. The van der Waals surface area contributed by atoms with E-state index in [2.05, 4.69) is 18.9 Å². The molecule has 25 heavy (non-hydrogen) atoms. The van der Waals surface area contributed by atoms with Gasteiger partial charge in [-0.05, 0) is 56.7 Å². The second-order valence-electron chi connectivity index (χ2n) is 7.25. The van der Waals surface area contributed by atoms with Crippen LogP contribution in [0.5, 0.6) is 0 Å². The normalized spacial score (nSPS) is 15.0. The SMILES string of the molecule is Cc1c(C(=O)N2CCCCC2)c(CC(C)C)nn1-c1cccc(F)c1. The summed E-state index contributed by atoms with van der Waals surface area (Å²) in [6.07, 6.45) is 4.03. The van der Waals surface area contributed by atoms with Gasteiger partial charge in [0.05, 0.1) is 22.6 Å². The Kier molecular flexibility index (Phi) is 5.21. The Morgan fingerprint density at radius 2 is 1.96 bits per heavy atom. The predicted octanol–water partition coefficient (Wildman–Crippen LogP) is 4.14. The fourth-order valence-electron chi connectivity index (χ4n) is 3.48. The molecule has 1 aliphatic heterocycles. The molecule has 5 heteroatoms. The number of piperidine rings is 1. The number of rotatable bonds is 4. The summed E-state index contributed by atoms with van der Waals surface area (Å²) >= 11 is 0. The van der Waals surface area contributed by atoms with Gasteiger partial charge in [0.2, 0.25) is 0 Å². The van der Waals surface area contributed by atoms with E-state index in [-0.39, 0.29) is 11.7 Å². The third kappa shape index (κ3) is 3.75. The van der Waals surface area contributed by atoms with E-state index in [1.807, 2.05) is 17.9 Å². The summed E-state index contributed by atoms with van der Waals surface area (Å²) in [6.45, 7) is 7.76. The number of hydrogen-bond acceptors (Lipinski definition) is 2. The van der Waals surface area contributed by atoms with Gasteiger partial charge in [-0.25, -0.2) is 9.07 Å². The maximum Gasteiger partial charge on any atom is 0.257 e. The summed E-state index contributed by atoms with van der Waals surface area (Å²) in [5.74, 6) is 0.153. The average Bonchev–Trinajstić information content (AvgIpc) is 2.90. The monoisotopic (exact) mass is 343 g/mol. The van der Waals surface area contributed by atoms with Crippen molar-refractivity contribution in [2.45, 2.75) is 46.5 Å². The van der Waals surface area contributed by atoms with Gasteiger partial charge in [-0.15, -0.1) is 0 Å². The molecule has 1 aliphatic rings. The third-order valence-corrected chi connectivity index (χ3v) is 4.70. The summed E-state index contributed by atoms with van der Waals surface area (Å²) in [4.78, 5) is 15.1. The van der Waals surface area contributed by atoms with Gasteiger partial charge in [-0.2, -0.15) is 5.10 Å². The highest BCUT2D eigenvalue weighted by atomic mass is 19.1. The largest absolute Gasteiger partial charge is 0.339 e. The lowest BCUT2D eigenvalue weighted by Crippen LogP contribution is -2.36. The minimum absolute atomic E-state index is 0.0653. The zero-order valence-electron chi connectivity index (χ0n) is 15.3. The molecule has 0 unspecified atom stereocenters. The molecule has 2 aromatic rings. The first-order valence-corrected chi connectivity index (χ1v) is 9.11. The van der Waals surface area contributed by atoms with Crippen molar-refractivity contribution in [2.75, 3.05) is 13.1 Å². The molecule has 0 aliphatic carbocycles. The lowest BCUT2D eigenvalue weighted by molar-refractivity contribution is 0.0722. The lowest BCUT2D eigenvalue weighted by Gasteiger charge is -2.27. The minimum Gasteiger partial charge on any atom is -0.339 e. The summed E-state index contributed by atoms with van der Waals surface area (Å²) < 4.78 is 15.3. The van der Waals surface area contributed by atoms with Crippen LogP contribution in [0.4, 0.5) is 4.39 Å². The Morgan fingerprint density at radius 3 is 2.60 bits per heavy atom. The van der Waals surface area contributed by atoms with Crippen LogP contribution in [-0.4, -0.2) is 33.7 Å². The number of benzene rings is 1. The Labute approximate surface area is 148 Å². The van der Waals surface area contributed by atoms with E-state index < -0.39 is 0 Å². The summed E-state index contributed by atoms with van der Waals surface area (Å²) in [5, 5.41) is 4.68. The molecule has 0 bridgehead atoms. The molecule has 0 atom stereocenters. The zero-order valence-corrected chi connectivity index (χ0v) is 15.3. The van der Waals surface area contributed by atoms with Crippen molar-refractivity contribution >= 4 is 5.91 Å². The number of aromatic nitrogens is 2. The Bertz CT molecular complexity index is 760. The lowest BCUT2D eigenvalue weighted by atomic mass is 10.0. The summed E-state index contributed by atoms with van der Waals surface area (Å²) in [6, 6.07) is 6.35. The molecule has 3 rings (SSSR count). The Balaban J connectivity index is 2.04. The Morgan fingerprint density at radius 1 is 1.24 bits per heavy atom. The van der Waals surface area contributed by atoms with E-state index in [1.165, 1.54) is 18.6 Å². The molecule has 2 heterocycles. The van der Waals surface area contributed by atoms with Gasteiger partial charge in [-0.1, -0.05) is 19.9 Å². The van der Waals surface area contributed by atoms with Crippen molar-refractivity contribution in [1.29, 1.82) is 0 Å². The maximum atomic E-state index is 13.6. The second kappa shape index (κ2) is 7.38. The van der Waals surface area contributed by atoms with Crippen molar-refractivity contribution < 1.29 is 9.18 Å². The van der Waals surface area contributed by atoms with Crippen molar-refractivity contribution in [1.82, 2.24) is 14.7 Å². The molecule has 0 spiro atoms. The van der Waals surface area contributed by atoms with Crippen LogP contribution in [0.25, 0.3) is 5.69 Å². The predicted molar refractivity (Wildman–Crippen MR) is 96.6 cm³/mol. The van der Waals surface area contributed by atoms with Crippen LogP contribution in [-0.2, 0) is 6.42 Å². The molecule has 0 radical (unpaired) electrons. The highest BCUT2D eigenvalue weighted by Gasteiger charge is 2.27. The maximum absolute atomic E-state index is 13.6. The van der Waals surface area contributed by atoms with Crippen LogP contribution in [0.2, 0.25) is 0 Å². The highest BCUT2D eigenvalue weighted by molar-refractivity contribution is 5.96. The highest BCUT2D eigenvalue weighted by Crippen LogP contribution is 2.24. The van der Waals surface area contributed by atoms with Crippen LogP contribution in [0, 0.1) is 18.7 Å². The molecule has 1 saturated heterocycles. The number of carbonyl (C=O) groups is 1. The molecular formula is C20H26FN3O. The van der Waals surface area contributed by atoms with E-state index >= 15 is 0 Å². The van der Waals surface area contributed by atoms with Crippen molar-refractivity contribution in [3.8, 4) is 5.69 Å². The Hall–Kier alpha value is -2.17. The molecule has 1 aromatic heterocycles. The van der Waals surface area contributed by atoms with Gasteiger partial charge in [-0.3, -0.25) is 4.79 Å². The fourth-order valence-corrected chi connectivity index (χ4v) is 3.48. The first-order chi connectivity index (χ1) is 12.0. The third-order valence-electron chi connectivity index (χ3n) is 4.70. The molecule has 1 aromatic carbocycles. The van der Waals surface area contributed by atoms with E-state index in [9.17, 15) is 9.18 Å². The van der Waals surface area contributed by atoms with E-state index in [4.69, 9.17) is 0 Å². The van der Waals surface area contributed by atoms with Crippen LogP contribution in [0.3, 0.4) is 0 Å². The van der Waals surface area contributed by atoms with Gasteiger partial charge >= 0.3 is 0 Å². The van der Waals surface area contributed by atoms with Gasteiger partial charge in [0, 0.05) is 13.1 Å². The molecular weight excluding hydrogens is 317 g/mol. The van der Waals surface area contributed by atoms with Crippen molar-refractivity contribution in [3.63, 3.8) is 0 Å². The van der Waals surface area contributed by atoms with Crippen LogP contribution in [0.1, 0.15) is 54.9 Å². The van der Waals surface area contributed by atoms with Crippen molar-refractivity contribution in [3.05, 3.63) is 47.0 Å². The second-order valence-corrected chi connectivity index (χ2v) is 7.25. The van der Waals surface area contributed by atoms with E-state index in [1.54, 1.807) is 10.7 Å². The van der Waals surface area contributed by atoms with Gasteiger partial charge in [0.15, 0.2) is 0 Å². The zero-order chi connectivity index (χ0) is 18.0. The van der Waals surface area contributed by atoms with Gasteiger partial charge in [0.25, 0.3) is 5.91 Å². The molecule has 1 fully saturated rings. The van der Waals surface area contributed by atoms with Crippen molar-refractivity contribution in [2.24, 2.45) is 5.92 Å². The quantitative estimate of drug-likeness (QED) is 0.836. The van der Waals surface area contributed by atoms with Crippen LogP contribution in [0.15, 0.2) is 24.3 Å². The molecule has 1 amide bonds. The smallest absolute Gasteiger partial charge is 0.257 e. The number of hydrogen-bond donors (Lipinski definition) is 0.